The normalized spacial score (nSPS) is 11.5. The third kappa shape index (κ3) is 4.57. The third-order valence-electron chi connectivity index (χ3n) is 7.47. The van der Waals surface area contributed by atoms with Gasteiger partial charge in [0.15, 0.2) is 0 Å². The molecule has 0 aliphatic heterocycles. The SMILES string of the molecule is CCc1csc(-c2sc(-c3scc(CC)c3CC)c3nc(-c4ccccc4)c(-c4ccccc4)nc23)c1CC. The van der Waals surface area contributed by atoms with Crippen molar-refractivity contribution in [2.45, 2.75) is 53.4 Å². The molecule has 39 heavy (non-hydrogen) atoms. The maximum atomic E-state index is 5.50. The number of benzene rings is 2. The highest BCUT2D eigenvalue weighted by Gasteiger charge is 2.26. The Morgan fingerprint density at radius 2 is 0.923 bits per heavy atom. The minimum atomic E-state index is 0.946. The van der Waals surface area contributed by atoms with Crippen LogP contribution in [0.4, 0.5) is 0 Å². The molecule has 0 saturated carbocycles. The minimum Gasteiger partial charge on any atom is -0.242 e. The molecule has 0 N–H and O–H groups in total. The van der Waals surface area contributed by atoms with E-state index in [2.05, 4.69) is 99.1 Å². The Labute approximate surface area is 243 Å². The van der Waals surface area contributed by atoms with Crippen LogP contribution in [0.25, 0.3) is 53.1 Å². The van der Waals surface area contributed by atoms with Gasteiger partial charge < -0.3 is 0 Å². The van der Waals surface area contributed by atoms with Crippen LogP contribution in [-0.4, -0.2) is 9.97 Å². The fraction of sp³-hybridized carbons (Fsp3) is 0.235. The molecular weight excluding hydrogens is 533 g/mol. The predicted molar refractivity (Wildman–Crippen MR) is 172 cm³/mol. The van der Waals surface area contributed by atoms with Crippen molar-refractivity contribution in [1.82, 2.24) is 9.97 Å². The van der Waals surface area contributed by atoms with Gasteiger partial charge in [0.25, 0.3) is 0 Å². The zero-order valence-electron chi connectivity index (χ0n) is 22.9. The summed E-state index contributed by atoms with van der Waals surface area (Å²) in [5.74, 6) is 0. The lowest BCUT2D eigenvalue weighted by molar-refractivity contribution is 1.06. The van der Waals surface area contributed by atoms with Crippen molar-refractivity contribution >= 4 is 45.0 Å². The number of hydrogen-bond acceptors (Lipinski definition) is 5. The number of rotatable bonds is 8. The summed E-state index contributed by atoms with van der Waals surface area (Å²) >= 11 is 5.63. The van der Waals surface area contributed by atoms with E-state index in [9.17, 15) is 0 Å². The van der Waals surface area contributed by atoms with Gasteiger partial charge in [0.05, 0.1) is 21.1 Å². The number of thiophene rings is 3. The molecule has 0 unspecified atom stereocenters. The standard InChI is InChI=1S/C34H32N2S3/c1-5-21-19-37-31(25(21)7-3)33-29-30(34(39-33)32-26(8-4)22(6-2)20-38-32)36-28(24-17-13-10-14-18-24)27(35-29)23-15-11-9-12-16-23/h9-20H,5-8H2,1-4H3. The van der Waals surface area contributed by atoms with Crippen LogP contribution in [0.5, 0.6) is 0 Å². The van der Waals surface area contributed by atoms with Crippen LogP contribution in [0.15, 0.2) is 71.4 Å². The van der Waals surface area contributed by atoms with Gasteiger partial charge in [0, 0.05) is 20.9 Å². The molecule has 0 fully saturated rings. The van der Waals surface area contributed by atoms with Crippen LogP contribution in [-0.2, 0) is 25.7 Å². The Hall–Kier alpha value is -3.12. The van der Waals surface area contributed by atoms with E-state index < -0.39 is 0 Å². The molecule has 196 valence electrons. The zero-order chi connectivity index (χ0) is 26.9. The maximum absolute atomic E-state index is 5.50. The van der Waals surface area contributed by atoms with E-state index in [1.54, 1.807) is 0 Å². The van der Waals surface area contributed by atoms with Crippen LogP contribution in [0.1, 0.15) is 49.9 Å². The van der Waals surface area contributed by atoms with Gasteiger partial charge >= 0.3 is 0 Å². The lowest BCUT2D eigenvalue weighted by Gasteiger charge is -2.11. The molecule has 0 radical (unpaired) electrons. The number of fused-ring (bicyclic) bond motifs is 1. The molecule has 0 aliphatic rings. The molecule has 6 aromatic rings. The fourth-order valence-electron chi connectivity index (χ4n) is 5.44. The minimum absolute atomic E-state index is 0.946. The summed E-state index contributed by atoms with van der Waals surface area (Å²) in [6.45, 7) is 9.07. The van der Waals surface area contributed by atoms with Crippen LogP contribution in [0, 0.1) is 0 Å². The van der Waals surface area contributed by atoms with Crippen molar-refractivity contribution in [3.8, 4) is 42.0 Å². The molecule has 0 amide bonds. The smallest absolute Gasteiger partial charge is 0.110 e. The van der Waals surface area contributed by atoms with E-state index >= 15 is 0 Å². The van der Waals surface area contributed by atoms with Gasteiger partial charge in [-0.25, -0.2) is 9.97 Å². The predicted octanol–water partition coefficient (Wildman–Crippen LogP) is 10.7. The van der Waals surface area contributed by atoms with Crippen molar-refractivity contribution in [3.05, 3.63) is 93.7 Å². The summed E-state index contributed by atoms with van der Waals surface area (Å²) in [7, 11) is 0. The zero-order valence-corrected chi connectivity index (χ0v) is 25.3. The fourth-order valence-corrected chi connectivity index (χ4v) is 9.47. The highest BCUT2D eigenvalue weighted by atomic mass is 32.1. The van der Waals surface area contributed by atoms with Gasteiger partial charge in [-0.05, 0) is 58.7 Å². The second-order valence-corrected chi connectivity index (χ2v) is 12.4. The molecule has 2 aromatic carbocycles. The van der Waals surface area contributed by atoms with Crippen LogP contribution in [0.3, 0.4) is 0 Å². The van der Waals surface area contributed by atoms with Gasteiger partial charge in [0.2, 0.25) is 0 Å². The van der Waals surface area contributed by atoms with Gasteiger partial charge in [-0.3, -0.25) is 0 Å². The molecule has 4 aromatic heterocycles. The second kappa shape index (κ2) is 11.2. The molecule has 4 heterocycles. The average molecular weight is 565 g/mol. The molecule has 5 heteroatoms. The first-order valence-electron chi connectivity index (χ1n) is 13.8. The summed E-state index contributed by atoms with van der Waals surface area (Å²) in [6, 6.07) is 21.1. The molecular formula is C34H32N2S3. The molecule has 2 nitrogen and oxygen atoms in total. The summed E-state index contributed by atoms with van der Waals surface area (Å²) in [5.41, 5.74) is 12.0. The monoisotopic (exact) mass is 564 g/mol. The van der Waals surface area contributed by atoms with Crippen LogP contribution < -0.4 is 0 Å². The number of aromatic nitrogens is 2. The Bertz CT molecular complexity index is 1610. The number of aryl methyl sites for hydroxylation is 2. The van der Waals surface area contributed by atoms with Crippen molar-refractivity contribution in [2.24, 2.45) is 0 Å². The molecule has 0 aliphatic carbocycles. The van der Waals surface area contributed by atoms with Crippen LogP contribution in [0.2, 0.25) is 0 Å². The summed E-state index contributed by atoms with van der Waals surface area (Å²) in [5, 5.41) is 4.70. The van der Waals surface area contributed by atoms with Crippen LogP contribution >= 0.6 is 34.0 Å². The van der Waals surface area contributed by atoms with Crippen molar-refractivity contribution in [2.75, 3.05) is 0 Å². The Balaban J connectivity index is 1.73. The quantitative estimate of drug-likeness (QED) is 0.184. The Kier molecular flexibility index (Phi) is 7.48. The van der Waals surface area contributed by atoms with E-state index in [1.165, 1.54) is 41.8 Å². The van der Waals surface area contributed by atoms with Crippen molar-refractivity contribution in [3.63, 3.8) is 0 Å². The largest absolute Gasteiger partial charge is 0.242 e. The molecule has 0 spiro atoms. The first-order chi connectivity index (χ1) is 19.2. The van der Waals surface area contributed by atoms with Gasteiger partial charge in [-0.15, -0.1) is 34.0 Å². The van der Waals surface area contributed by atoms with Gasteiger partial charge in [-0.2, -0.15) is 0 Å². The van der Waals surface area contributed by atoms with E-state index in [0.717, 1.165) is 59.2 Å². The summed E-state index contributed by atoms with van der Waals surface area (Å²) in [4.78, 5) is 16.2. The van der Waals surface area contributed by atoms with E-state index in [4.69, 9.17) is 9.97 Å². The molecule has 0 saturated heterocycles. The lowest BCUT2D eigenvalue weighted by Crippen LogP contribution is -1.95. The van der Waals surface area contributed by atoms with E-state index in [0.29, 0.717) is 0 Å². The first kappa shape index (κ1) is 26.1. The third-order valence-corrected chi connectivity index (χ3v) is 11.1. The van der Waals surface area contributed by atoms with Gasteiger partial charge in [-0.1, -0.05) is 88.4 Å². The highest BCUT2D eigenvalue weighted by molar-refractivity contribution is 7.27. The topological polar surface area (TPSA) is 25.8 Å². The molecule has 0 atom stereocenters. The van der Waals surface area contributed by atoms with E-state index in [1.807, 2.05) is 34.0 Å². The maximum Gasteiger partial charge on any atom is 0.110 e. The number of nitrogens with zero attached hydrogens (tertiary/aromatic N) is 2. The first-order valence-corrected chi connectivity index (χ1v) is 16.4. The Morgan fingerprint density at radius 3 is 1.28 bits per heavy atom. The summed E-state index contributed by atoms with van der Waals surface area (Å²) < 4.78 is 0. The molecule has 6 rings (SSSR count). The highest BCUT2D eigenvalue weighted by Crippen LogP contribution is 2.50. The Morgan fingerprint density at radius 1 is 0.513 bits per heavy atom. The average Bonchev–Trinajstić information content (AvgIpc) is 3.71. The van der Waals surface area contributed by atoms with Crippen molar-refractivity contribution < 1.29 is 0 Å². The van der Waals surface area contributed by atoms with Gasteiger partial charge in [0.1, 0.15) is 11.0 Å². The summed E-state index contributed by atoms with van der Waals surface area (Å²) in [6.07, 6.45) is 4.16. The van der Waals surface area contributed by atoms with E-state index in [-0.39, 0.29) is 0 Å². The van der Waals surface area contributed by atoms with Crippen molar-refractivity contribution in [1.29, 1.82) is 0 Å². The molecule has 0 bridgehead atoms. The number of hydrogen-bond donors (Lipinski definition) is 0. The lowest BCUT2D eigenvalue weighted by atomic mass is 10.0. The second-order valence-electron chi connectivity index (χ2n) is 9.66.